The maximum absolute atomic E-state index is 12.6. The van der Waals surface area contributed by atoms with Crippen molar-refractivity contribution in [2.24, 2.45) is 0 Å². The average Bonchev–Trinajstić information content (AvgIpc) is 2.52. The fourth-order valence-corrected chi connectivity index (χ4v) is 2.36. The highest BCUT2D eigenvalue weighted by Gasteiger charge is 2.20. The van der Waals surface area contributed by atoms with E-state index in [2.05, 4.69) is 10.3 Å². The molecule has 0 radical (unpaired) electrons. The lowest BCUT2D eigenvalue weighted by atomic mass is 10.0. The summed E-state index contributed by atoms with van der Waals surface area (Å²) in [6, 6.07) is 7.88. The minimum Gasteiger partial charge on any atom is -0.476 e. The molecular weight excluding hydrogens is 358 g/mol. The Bertz CT molecular complexity index is 848. The SMILES string of the molecule is CC(C)(C)OC(=O)Nc1cc(-c2cccc(CC(F)F)c2)cnc1C(=O)O. The van der Waals surface area contributed by atoms with E-state index in [-0.39, 0.29) is 11.4 Å². The quantitative estimate of drug-likeness (QED) is 0.794. The minimum atomic E-state index is -2.47. The number of nitrogens with zero attached hydrogens (tertiary/aromatic N) is 1. The number of carbonyl (C=O) groups is 2. The van der Waals surface area contributed by atoms with Gasteiger partial charge in [-0.25, -0.2) is 23.4 Å². The monoisotopic (exact) mass is 378 g/mol. The van der Waals surface area contributed by atoms with E-state index in [1.165, 1.54) is 12.3 Å². The molecule has 0 spiro atoms. The molecule has 2 N–H and O–H groups in total. The molecule has 1 heterocycles. The third-order valence-electron chi connectivity index (χ3n) is 3.38. The Morgan fingerprint density at radius 1 is 1.22 bits per heavy atom. The predicted octanol–water partition coefficient (Wildman–Crippen LogP) is 4.60. The van der Waals surface area contributed by atoms with Gasteiger partial charge in [0.2, 0.25) is 6.43 Å². The number of rotatable bonds is 5. The van der Waals surface area contributed by atoms with Crippen LogP contribution in [0.25, 0.3) is 11.1 Å². The van der Waals surface area contributed by atoms with Crippen molar-refractivity contribution in [2.75, 3.05) is 5.32 Å². The van der Waals surface area contributed by atoms with Crippen molar-refractivity contribution < 1.29 is 28.2 Å². The van der Waals surface area contributed by atoms with Crippen LogP contribution in [0.1, 0.15) is 36.8 Å². The van der Waals surface area contributed by atoms with Crippen LogP contribution in [0.5, 0.6) is 0 Å². The normalized spacial score (nSPS) is 11.3. The molecule has 27 heavy (non-hydrogen) atoms. The van der Waals surface area contributed by atoms with E-state index in [9.17, 15) is 23.5 Å². The van der Waals surface area contributed by atoms with E-state index in [0.717, 1.165) is 0 Å². The largest absolute Gasteiger partial charge is 0.476 e. The molecule has 1 aromatic carbocycles. The zero-order valence-electron chi connectivity index (χ0n) is 15.1. The van der Waals surface area contributed by atoms with Gasteiger partial charge in [-0.2, -0.15) is 0 Å². The van der Waals surface area contributed by atoms with Crippen molar-refractivity contribution in [1.29, 1.82) is 0 Å². The zero-order valence-corrected chi connectivity index (χ0v) is 15.1. The number of aromatic carboxylic acids is 1. The van der Waals surface area contributed by atoms with Gasteiger partial charge in [0.05, 0.1) is 5.69 Å². The molecule has 2 rings (SSSR count). The van der Waals surface area contributed by atoms with Crippen LogP contribution in [0.2, 0.25) is 0 Å². The number of aromatic nitrogens is 1. The summed E-state index contributed by atoms with van der Waals surface area (Å²) < 4.78 is 30.3. The van der Waals surface area contributed by atoms with E-state index in [1.54, 1.807) is 45.0 Å². The van der Waals surface area contributed by atoms with Crippen molar-refractivity contribution in [3.05, 3.63) is 47.8 Å². The van der Waals surface area contributed by atoms with E-state index < -0.39 is 30.5 Å². The predicted molar refractivity (Wildman–Crippen MR) is 96.2 cm³/mol. The molecule has 0 aliphatic rings. The van der Waals surface area contributed by atoms with Gasteiger partial charge in [0.15, 0.2) is 5.69 Å². The Hall–Kier alpha value is -3.03. The first-order valence-corrected chi connectivity index (χ1v) is 8.16. The molecule has 144 valence electrons. The molecule has 0 fully saturated rings. The third kappa shape index (κ3) is 6.02. The Morgan fingerprint density at radius 2 is 1.93 bits per heavy atom. The maximum atomic E-state index is 12.6. The number of hydrogen-bond acceptors (Lipinski definition) is 4. The topological polar surface area (TPSA) is 88.5 Å². The maximum Gasteiger partial charge on any atom is 0.412 e. The summed E-state index contributed by atoms with van der Waals surface area (Å²) in [6.07, 6.45) is -2.38. The summed E-state index contributed by atoms with van der Waals surface area (Å²) in [4.78, 5) is 27.2. The van der Waals surface area contributed by atoms with E-state index in [4.69, 9.17) is 4.74 Å². The lowest BCUT2D eigenvalue weighted by molar-refractivity contribution is 0.0636. The standard InChI is InChI=1S/C19H20F2N2O4/c1-19(2,3)27-18(26)23-14-9-13(10-22-16(14)17(24)25)12-6-4-5-11(7-12)8-15(20)21/h4-7,9-10,15H,8H2,1-3H3,(H,23,26)(H,24,25). The lowest BCUT2D eigenvalue weighted by Gasteiger charge is -2.20. The van der Waals surface area contributed by atoms with Crippen molar-refractivity contribution in [2.45, 2.75) is 39.2 Å². The lowest BCUT2D eigenvalue weighted by Crippen LogP contribution is -2.28. The van der Waals surface area contributed by atoms with E-state index in [1.807, 2.05) is 0 Å². The first-order valence-electron chi connectivity index (χ1n) is 8.16. The number of carboxylic acids is 1. The summed E-state index contributed by atoms with van der Waals surface area (Å²) >= 11 is 0. The van der Waals surface area contributed by atoms with Gasteiger partial charge in [-0.3, -0.25) is 5.32 Å². The Kier molecular flexibility index (Phi) is 6.09. The average molecular weight is 378 g/mol. The fraction of sp³-hybridized carbons (Fsp3) is 0.316. The number of nitrogens with one attached hydrogen (secondary N) is 1. The van der Waals surface area contributed by atoms with Gasteiger partial charge >= 0.3 is 12.1 Å². The number of carboxylic acid groups (broad SMARTS) is 1. The van der Waals surface area contributed by atoms with Gasteiger partial charge in [0.1, 0.15) is 5.60 Å². The number of benzene rings is 1. The summed E-state index contributed by atoms with van der Waals surface area (Å²) in [5, 5.41) is 11.7. The van der Waals surface area contributed by atoms with Crippen molar-refractivity contribution in [3.8, 4) is 11.1 Å². The highest BCUT2D eigenvalue weighted by molar-refractivity contribution is 5.98. The third-order valence-corrected chi connectivity index (χ3v) is 3.38. The summed E-state index contributed by atoms with van der Waals surface area (Å²) in [6.45, 7) is 5.02. The molecule has 6 nitrogen and oxygen atoms in total. The highest BCUT2D eigenvalue weighted by Crippen LogP contribution is 2.26. The Balaban J connectivity index is 2.37. The molecule has 0 aliphatic carbocycles. The number of halogens is 2. The summed E-state index contributed by atoms with van der Waals surface area (Å²) in [7, 11) is 0. The molecular formula is C19H20F2N2O4. The highest BCUT2D eigenvalue weighted by atomic mass is 19.3. The number of carbonyl (C=O) groups excluding carboxylic acids is 1. The Labute approximate surface area is 155 Å². The van der Waals surface area contributed by atoms with Crippen LogP contribution in [0.3, 0.4) is 0 Å². The number of hydrogen-bond donors (Lipinski definition) is 2. The minimum absolute atomic E-state index is 0.0477. The number of ether oxygens (including phenoxy) is 1. The van der Waals surface area contributed by atoms with Gasteiger partial charge in [0.25, 0.3) is 0 Å². The number of pyridine rings is 1. The van der Waals surface area contributed by atoms with Gasteiger partial charge < -0.3 is 9.84 Å². The second kappa shape index (κ2) is 8.11. The fourth-order valence-electron chi connectivity index (χ4n) is 2.36. The van der Waals surface area contributed by atoms with Gasteiger partial charge in [-0.15, -0.1) is 0 Å². The molecule has 0 saturated heterocycles. The van der Waals surface area contributed by atoms with E-state index >= 15 is 0 Å². The number of anilines is 1. The molecule has 0 aliphatic heterocycles. The van der Waals surface area contributed by atoms with Crippen molar-refractivity contribution in [3.63, 3.8) is 0 Å². The first kappa shape index (κ1) is 20.3. The second-order valence-corrected chi connectivity index (χ2v) is 6.85. The molecule has 0 unspecified atom stereocenters. The molecule has 2 aromatic rings. The zero-order chi connectivity index (χ0) is 20.2. The van der Waals surface area contributed by atoms with Crippen LogP contribution >= 0.6 is 0 Å². The van der Waals surface area contributed by atoms with Crippen LogP contribution < -0.4 is 5.32 Å². The van der Waals surface area contributed by atoms with Crippen LogP contribution in [-0.4, -0.2) is 34.2 Å². The number of alkyl halides is 2. The van der Waals surface area contributed by atoms with Crippen LogP contribution in [0, 0.1) is 0 Å². The summed E-state index contributed by atoms with van der Waals surface area (Å²) in [5.41, 5.74) is 0.322. The molecule has 0 bridgehead atoms. The Morgan fingerprint density at radius 3 is 2.52 bits per heavy atom. The van der Waals surface area contributed by atoms with Crippen LogP contribution in [0.15, 0.2) is 36.5 Å². The van der Waals surface area contributed by atoms with Crippen molar-refractivity contribution in [1.82, 2.24) is 4.98 Å². The smallest absolute Gasteiger partial charge is 0.412 e. The molecule has 0 atom stereocenters. The van der Waals surface area contributed by atoms with Crippen molar-refractivity contribution >= 4 is 17.7 Å². The molecule has 0 saturated carbocycles. The van der Waals surface area contributed by atoms with Gasteiger partial charge in [-0.05, 0) is 38.0 Å². The molecule has 1 amide bonds. The number of amides is 1. The van der Waals surface area contributed by atoms with E-state index in [0.29, 0.717) is 16.7 Å². The first-order chi connectivity index (χ1) is 12.5. The molecule has 8 heteroatoms. The van der Waals surface area contributed by atoms with Crippen LogP contribution in [0.4, 0.5) is 19.3 Å². The molecule has 1 aromatic heterocycles. The van der Waals surface area contributed by atoms with Crippen LogP contribution in [-0.2, 0) is 11.2 Å². The van der Waals surface area contributed by atoms with Gasteiger partial charge in [-0.1, -0.05) is 24.3 Å². The summed E-state index contributed by atoms with van der Waals surface area (Å²) in [5.74, 6) is -1.32. The van der Waals surface area contributed by atoms with Gasteiger partial charge in [0, 0.05) is 18.2 Å². The second-order valence-electron chi connectivity index (χ2n) is 6.85.